The number of benzene rings is 1. The number of carboxylic acids is 1. The van der Waals surface area contributed by atoms with Crippen molar-refractivity contribution in [2.24, 2.45) is 11.8 Å². The number of carboxylic acid groups (broad SMARTS) is 1. The molecule has 25 heavy (non-hydrogen) atoms. The van der Waals surface area contributed by atoms with Crippen LogP contribution < -0.4 is 10.1 Å². The molecule has 1 aromatic rings. The van der Waals surface area contributed by atoms with Crippen LogP contribution in [0, 0.1) is 11.8 Å². The van der Waals surface area contributed by atoms with Crippen molar-refractivity contribution in [1.82, 2.24) is 5.32 Å². The number of nitrogens with one attached hydrogen (secondary N) is 1. The highest BCUT2D eigenvalue weighted by Crippen LogP contribution is 2.39. The lowest BCUT2D eigenvalue weighted by atomic mass is 9.80. The molecule has 0 heterocycles. The minimum Gasteiger partial charge on any atom is -0.482 e. The highest BCUT2D eigenvalue weighted by atomic mass is 19.4. The summed E-state index contributed by atoms with van der Waals surface area (Å²) in [6.45, 7) is -0.326. The Balaban J connectivity index is 1.87. The first-order chi connectivity index (χ1) is 11.8. The summed E-state index contributed by atoms with van der Waals surface area (Å²) in [7, 11) is 0. The van der Waals surface area contributed by atoms with Crippen LogP contribution in [0.3, 0.4) is 0 Å². The molecule has 0 aliphatic heterocycles. The third kappa shape index (κ3) is 5.95. The van der Waals surface area contributed by atoms with Gasteiger partial charge in [-0.2, -0.15) is 13.2 Å². The smallest absolute Gasteiger partial charge is 0.391 e. The number of hydrogen-bond acceptors (Lipinski definition) is 3. The Morgan fingerprint density at radius 2 is 2.04 bits per heavy atom. The standard InChI is InChI=1S/C17H20F3NO4/c18-17(19,20)13-5-2-4-12(8-13)16(24)21-9-11-3-1-6-14(7-11)25-10-15(22)23/h1,3,6-7,12-13H,2,4-5,8-10H2,(H,21,24)(H,22,23). The molecule has 2 rings (SSSR count). The molecule has 5 nitrogen and oxygen atoms in total. The number of halogens is 3. The normalized spacial score (nSPS) is 20.8. The number of hydrogen-bond donors (Lipinski definition) is 2. The fourth-order valence-corrected chi connectivity index (χ4v) is 2.95. The van der Waals surface area contributed by atoms with E-state index in [9.17, 15) is 22.8 Å². The summed E-state index contributed by atoms with van der Waals surface area (Å²) in [6, 6.07) is 6.54. The fraction of sp³-hybridized carbons (Fsp3) is 0.529. The first-order valence-electron chi connectivity index (χ1n) is 8.03. The van der Waals surface area contributed by atoms with E-state index in [0.717, 1.165) is 0 Å². The van der Waals surface area contributed by atoms with Crippen LogP contribution in [0.1, 0.15) is 31.2 Å². The van der Waals surface area contributed by atoms with Crippen LogP contribution in [-0.2, 0) is 16.1 Å². The second-order valence-electron chi connectivity index (χ2n) is 6.15. The highest BCUT2D eigenvalue weighted by Gasteiger charge is 2.43. The summed E-state index contributed by atoms with van der Waals surface area (Å²) in [5.74, 6) is -3.18. The minimum absolute atomic E-state index is 0.0796. The SMILES string of the molecule is O=C(O)COc1cccc(CNC(=O)C2CCCC(C(F)(F)F)C2)c1. The van der Waals surface area contributed by atoms with Crippen LogP contribution in [0.15, 0.2) is 24.3 Å². The number of carbonyl (C=O) groups is 2. The van der Waals surface area contributed by atoms with Gasteiger partial charge in [-0.3, -0.25) is 4.79 Å². The van der Waals surface area contributed by atoms with Gasteiger partial charge in [-0.05, 0) is 37.0 Å². The first kappa shape index (κ1) is 19.1. The van der Waals surface area contributed by atoms with E-state index in [4.69, 9.17) is 9.84 Å². The molecule has 1 aliphatic carbocycles. The van der Waals surface area contributed by atoms with E-state index >= 15 is 0 Å². The minimum atomic E-state index is -4.26. The predicted molar refractivity (Wildman–Crippen MR) is 82.9 cm³/mol. The molecule has 0 aromatic heterocycles. The molecule has 0 radical (unpaired) electrons. The van der Waals surface area contributed by atoms with Crippen molar-refractivity contribution in [3.05, 3.63) is 29.8 Å². The van der Waals surface area contributed by atoms with Gasteiger partial charge in [0, 0.05) is 12.5 Å². The molecule has 8 heteroatoms. The predicted octanol–water partition coefficient (Wildman–Crippen LogP) is 3.13. The molecular weight excluding hydrogens is 339 g/mol. The lowest BCUT2D eigenvalue weighted by Crippen LogP contribution is -2.37. The Kier molecular flexibility index (Phi) is 6.27. The van der Waals surface area contributed by atoms with Gasteiger partial charge in [0.25, 0.3) is 0 Å². The lowest BCUT2D eigenvalue weighted by Gasteiger charge is -2.29. The molecule has 138 valence electrons. The van der Waals surface area contributed by atoms with Crippen LogP contribution in [-0.4, -0.2) is 29.8 Å². The van der Waals surface area contributed by atoms with Gasteiger partial charge < -0.3 is 15.2 Å². The highest BCUT2D eigenvalue weighted by molar-refractivity contribution is 5.78. The molecule has 1 aliphatic rings. The van der Waals surface area contributed by atoms with E-state index in [1.54, 1.807) is 24.3 Å². The van der Waals surface area contributed by atoms with Crippen LogP contribution in [0.2, 0.25) is 0 Å². The van der Waals surface area contributed by atoms with Crippen LogP contribution in [0.5, 0.6) is 5.75 Å². The van der Waals surface area contributed by atoms with Crippen molar-refractivity contribution in [1.29, 1.82) is 0 Å². The molecule has 1 aromatic carbocycles. The van der Waals surface area contributed by atoms with Crippen molar-refractivity contribution in [3.8, 4) is 5.75 Å². The second-order valence-corrected chi connectivity index (χ2v) is 6.15. The summed E-state index contributed by atoms with van der Waals surface area (Å²) in [5.41, 5.74) is 0.680. The Bertz CT molecular complexity index is 618. The maximum absolute atomic E-state index is 12.8. The van der Waals surface area contributed by atoms with Gasteiger partial charge in [0.1, 0.15) is 5.75 Å². The third-order valence-corrected chi connectivity index (χ3v) is 4.24. The molecular formula is C17H20F3NO4. The van der Waals surface area contributed by atoms with Crippen molar-refractivity contribution in [3.63, 3.8) is 0 Å². The van der Waals surface area contributed by atoms with Gasteiger partial charge in [-0.15, -0.1) is 0 Å². The first-order valence-corrected chi connectivity index (χ1v) is 8.03. The van der Waals surface area contributed by atoms with Crippen molar-refractivity contribution < 1.29 is 32.6 Å². The monoisotopic (exact) mass is 359 g/mol. The van der Waals surface area contributed by atoms with E-state index in [-0.39, 0.29) is 25.3 Å². The molecule has 0 saturated heterocycles. The summed E-state index contributed by atoms with van der Waals surface area (Å²) in [4.78, 5) is 22.6. The van der Waals surface area contributed by atoms with Gasteiger partial charge >= 0.3 is 12.1 Å². The van der Waals surface area contributed by atoms with E-state index in [0.29, 0.717) is 24.2 Å². The zero-order valence-corrected chi connectivity index (χ0v) is 13.5. The summed E-state index contributed by atoms with van der Waals surface area (Å²) >= 11 is 0. The molecule has 1 fully saturated rings. The second kappa shape index (κ2) is 8.22. The molecule has 0 spiro atoms. The summed E-state index contributed by atoms with van der Waals surface area (Å²) in [6.07, 6.45) is -3.50. The quantitative estimate of drug-likeness (QED) is 0.818. The van der Waals surface area contributed by atoms with Crippen LogP contribution >= 0.6 is 0 Å². The Labute approximate surface area is 143 Å². The van der Waals surface area contributed by atoms with Crippen molar-refractivity contribution in [2.45, 2.75) is 38.4 Å². The maximum Gasteiger partial charge on any atom is 0.391 e. The number of amides is 1. The number of alkyl halides is 3. The number of aliphatic carboxylic acids is 1. The molecule has 2 unspecified atom stereocenters. The average Bonchev–Trinajstić information content (AvgIpc) is 2.57. The van der Waals surface area contributed by atoms with Gasteiger partial charge in [-0.1, -0.05) is 18.6 Å². The zero-order chi connectivity index (χ0) is 18.4. The third-order valence-electron chi connectivity index (χ3n) is 4.24. The molecule has 2 N–H and O–H groups in total. The fourth-order valence-electron chi connectivity index (χ4n) is 2.95. The average molecular weight is 359 g/mol. The van der Waals surface area contributed by atoms with E-state index in [1.807, 2.05) is 0 Å². The summed E-state index contributed by atoms with van der Waals surface area (Å²) in [5, 5.41) is 11.2. The van der Waals surface area contributed by atoms with Crippen LogP contribution in [0.25, 0.3) is 0 Å². The molecule has 0 bridgehead atoms. The largest absolute Gasteiger partial charge is 0.482 e. The Hall–Kier alpha value is -2.25. The topological polar surface area (TPSA) is 75.6 Å². The van der Waals surface area contributed by atoms with Crippen molar-refractivity contribution >= 4 is 11.9 Å². The van der Waals surface area contributed by atoms with Crippen LogP contribution in [0.4, 0.5) is 13.2 Å². The maximum atomic E-state index is 12.8. The molecule has 2 atom stereocenters. The van der Waals surface area contributed by atoms with Gasteiger partial charge in [0.05, 0.1) is 5.92 Å². The van der Waals surface area contributed by atoms with Gasteiger partial charge in [0.2, 0.25) is 5.91 Å². The van der Waals surface area contributed by atoms with Crippen molar-refractivity contribution in [2.75, 3.05) is 6.61 Å². The Morgan fingerprint density at radius 3 is 2.72 bits per heavy atom. The van der Waals surface area contributed by atoms with E-state index < -0.39 is 30.6 Å². The number of ether oxygens (including phenoxy) is 1. The molecule has 1 amide bonds. The number of rotatable bonds is 6. The Morgan fingerprint density at radius 1 is 1.28 bits per heavy atom. The zero-order valence-electron chi connectivity index (χ0n) is 13.5. The van der Waals surface area contributed by atoms with Gasteiger partial charge in [0.15, 0.2) is 6.61 Å². The van der Waals surface area contributed by atoms with E-state index in [1.165, 1.54) is 0 Å². The van der Waals surface area contributed by atoms with E-state index in [2.05, 4.69) is 5.32 Å². The lowest BCUT2D eigenvalue weighted by molar-refractivity contribution is -0.186. The van der Waals surface area contributed by atoms with Gasteiger partial charge in [-0.25, -0.2) is 4.79 Å². The number of carbonyl (C=O) groups excluding carboxylic acids is 1. The molecule has 1 saturated carbocycles. The summed E-state index contributed by atoms with van der Waals surface area (Å²) < 4.78 is 43.5.